The molecule has 0 spiro atoms. The summed E-state index contributed by atoms with van der Waals surface area (Å²) >= 11 is 0. The highest BCUT2D eigenvalue weighted by Gasteiger charge is 2.51. The summed E-state index contributed by atoms with van der Waals surface area (Å²) in [5, 5.41) is 13.3. The van der Waals surface area contributed by atoms with E-state index >= 15 is 0 Å². The Morgan fingerprint density at radius 1 is 1.05 bits per heavy atom. The molecule has 0 aliphatic heterocycles. The van der Waals surface area contributed by atoms with Gasteiger partial charge in [0.2, 0.25) is 17.5 Å². The summed E-state index contributed by atoms with van der Waals surface area (Å²) in [4.78, 5) is 34.4. The van der Waals surface area contributed by atoms with Crippen LogP contribution in [0.2, 0.25) is 0 Å². The molecule has 5 aliphatic rings. The minimum absolute atomic E-state index is 0.0786. The lowest BCUT2D eigenvalue weighted by atomic mass is 9.53. The van der Waals surface area contributed by atoms with Gasteiger partial charge < -0.3 is 15.1 Å². The summed E-state index contributed by atoms with van der Waals surface area (Å²) in [6.45, 7) is 2.02. The molecule has 1 aromatic carbocycles. The molecular formula is C28H32N6O3. The van der Waals surface area contributed by atoms with Crippen LogP contribution in [0.4, 0.5) is 0 Å². The van der Waals surface area contributed by atoms with Gasteiger partial charge in [-0.05, 0) is 94.1 Å². The third-order valence-corrected chi connectivity index (χ3v) is 8.90. The van der Waals surface area contributed by atoms with Crippen LogP contribution in [0.25, 0.3) is 22.8 Å². The first-order chi connectivity index (χ1) is 17.9. The first kappa shape index (κ1) is 22.7. The first-order valence-electron chi connectivity index (χ1n) is 13.6. The van der Waals surface area contributed by atoms with Crippen LogP contribution in [0.5, 0.6) is 0 Å². The van der Waals surface area contributed by atoms with E-state index in [1.165, 1.54) is 25.5 Å². The van der Waals surface area contributed by atoms with Crippen molar-refractivity contribution in [1.29, 1.82) is 0 Å². The zero-order chi connectivity index (χ0) is 25.1. The smallest absolute Gasteiger partial charge is 0.289 e. The van der Waals surface area contributed by atoms with E-state index in [1.54, 1.807) is 0 Å². The highest BCUT2D eigenvalue weighted by Crippen LogP contribution is 2.55. The summed E-state index contributed by atoms with van der Waals surface area (Å²) in [5.41, 5.74) is 1.36. The van der Waals surface area contributed by atoms with Gasteiger partial charge >= 0.3 is 0 Å². The van der Waals surface area contributed by atoms with Gasteiger partial charge in [-0.25, -0.2) is 9.97 Å². The van der Waals surface area contributed by atoms with Gasteiger partial charge in [0.1, 0.15) is 0 Å². The first-order valence-corrected chi connectivity index (χ1v) is 13.6. The molecule has 3 N–H and O–H groups in total. The van der Waals surface area contributed by atoms with E-state index in [0.717, 1.165) is 55.4 Å². The van der Waals surface area contributed by atoms with Crippen molar-refractivity contribution in [3.8, 4) is 22.8 Å². The third kappa shape index (κ3) is 4.34. The molecule has 5 saturated carbocycles. The molecule has 0 saturated heterocycles. The predicted molar refractivity (Wildman–Crippen MR) is 135 cm³/mol. The summed E-state index contributed by atoms with van der Waals surface area (Å²) in [7, 11) is 0. The minimum Gasteiger partial charge on any atom is -0.431 e. The number of hydrogen-bond donors (Lipinski definition) is 3. The van der Waals surface area contributed by atoms with Crippen LogP contribution < -0.4 is 10.6 Å². The zero-order valence-corrected chi connectivity index (χ0v) is 21.0. The Bertz CT molecular complexity index is 1320. The van der Waals surface area contributed by atoms with E-state index in [0.29, 0.717) is 23.2 Å². The molecule has 9 nitrogen and oxygen atoms in total. The molecule has 37 heavy (non-hydrogen) atoms. The quantitative estimate of drug-likeness (QED) is 0.443. The van der Waals surface area contributed by atoms with Crippen LogP contribution in [0, 0.1) is 23.7 Å². The lowest BCUT2D eigenvalue weighted by Gasteiger charge is -2.56. The molecule has 2 amide bonds. The topological polar surface area (TPSA) is 126 Å². The molecule has 5 fully saturated rings. The van der Waals surface area contributed by atoms with E-state index in [4.69, 9.17) is 4.42 Å². The van der Waals surface area contributed by atoms with Gasteiger partial charge in [-0.3, -0.25) is 14.7 Å². The number of aromatic nitrogens is 4. The molecule has 1 atom stereocenters. The van der Waals surface area contributed by atoms with Crippen molar-refractivity contribution in [2.45, 2.75) is 69.9 Å². The van der Waals surface area contributed by atoms with E-state index in [9.17, 15) is 9.59 Å². The number of rotatable bonds is 7. The van der Waals surface area contributed by atoms with Gasteiger partial charge in [0.05, 0.1) is 6.20 Å². The maximum atomic E-state index is 13.1. The molecular weight excluding hydrogens is 468 g/mol. The lowest BCUT2D eigenvalue weighted by molar-refractivity contribution is -0.0171. The van der Waals surface area contributed by atoms with E-state index < -0.39 is 0 Å². The average Bonchev–Trinajstić information content (AvgIpc) is 3.39. The fourth-order valence-electron chi connectivity index (χ4n) is 7.35. The fraction of sp³-hybridized carbons (Fsp3) is 0.536. The van der Waals surface area contributed by atoms with Crippen molar-refractivity contribution in [3.63, 3.8) is 0 Å². The number of nitrogens with one attached hydrogen (secondary N) is 3. The number of oxazole rings is 1. The van der Waals surface area contributed by atoms with Crippen molar-refractivity contribution >= 4 is 11.8 Å². The second-order valence-electron chi connectivity index (χ2n) is 11.9. The molecule has 2 heterocycles. The third-order valence-electron chi connectivity index (χ3n) is 8.90. The molecule has 3 aromatic rings. The average molecular weight is 501 g/mol. The molecule has 4 bridgehead atoms. The van der Waals surface area contributed by atoms with E-state index in [2.05, 4.69) is 30.8 Å². The Morgan fingerprint density at radius 3 is 2.46 bits per heavy atom. The Balaban J connectivity index is 1.05. The maximum Gasteiger partial charge on any atom is 0.289 e. The van der Waals surface area contributed by atoms with Crippen molar-refractivity contribution in [3.05, 3.63) is 42.0 Å². The molecule has 0 unspecified atom stereocenters. The number of aromatic amines is 1. The zero-order valence-electron chi connectivity index (χ0n) is 21.0. The monoisotopic (exact) mass is 500 g/mol. The molecule has 0 radical (unpaired) electrons. The summed E-state index contributed by atoms with van der Waals surface area (Å²) < 4.78 is 5.92. The highest BCUT2D eigenvalue weighted by atomic mass is 16.4. The van der Waals surface area contributed by atoms with Gasteiger partial charge in [0.15, 0.2) is 5.82 Å². The lowest BCUT2D eigenvalue weighted by Crippen LogP contribution is -2.59. The van der Waals surface area contributed by atoms with Crippen LogP contribution in [0.1, 0.15) is 79.5 Å². The van der Waals surface area contributed by atoms with Gasteiger partial charge in [-0.1, -0.05) is 12.1 Å². The molecule has 9 heteroatoms. The number of amides is 2. The maximum absolute atomic E-state index is 13.1. The number of H-pyrrole nitrogens is 1. The molecule has 2 aromatic heterocycles. The minimum atomic E-state index is -0.253. The highest BCUT2D eigenvalue weighted by molar-refractivity contribution is 5.92. The number of nitrogens with zero attached hydrogens (tertiary/aromatic N) is 3. The standard InChI is InChI=1S/C28H32N6O3/c1-15(19-5-6-19)30-26(36)24-31-23(33-34-24)20-3-2-4-21(10-20)27-29-14-22(37-27)25(35)32-28-11-16-7-17(12-28)9-18(8-16)13-28/h2-4,10,14-19H,5-9,11-13H2,1H3,(H,30,36)(H,32,35)(H,31,33,34)/t15-,16?,17?,18?,28?/m0/s1. The van der Waals surface area contributed by atoms with Crippen LogP contribution in [-0.4, -0.2) is 43.6 Å². The number of carbonyl (C=O) groups is 2. The van der Waals surface area contributed by atoms with Crippen LogP contribution in [0.15, 0.2) is 34.9 Å². The van der Waals surface area contributed by atoms with Crippen molar-refractivity contribution < 1.29 is 14.0 Å². The van der Waals surface area contributed by atoms with Crippen LogP contribution in [0.3, 0.4) is 0 Å². The number of carbonyl (C=O) groups excluding carboxylic acids is 2. The predicted octanol–water partition coefficient (Wildman–Crippen LogP) is 4.35. The fourth-order valence-corrected chi connectivity index (χ4v) is 7.35. The van der Waals surface area contributed by atoms with Crippen molar-refractivity contribution in [2.24, 2.45) is 23.7 Å². The Labute approximate surface area is 215 Å². The Hall–Kier alpha value is -3.49. The van der Waals surface area contributed by atoms with Crippen molar-refractivity contribution in [1.82, 2.24) is 30.8 Å². The second kappa shape index (κ2) is 8.53. The Kier molecular flexibility index (Phi) is 5.23. The Morgan fingerprint density at radius 2 is 1.76 bits per heavy atom. The van der Waals surface area contributed by atoms with Gasteiger partial charge in [0.25, 0.3) is 11.8 Å². The van der Waals surface area contributed by atoms with Gasteiger partial charge in [0, 0.05) is 22.7 Å². The van der Waals surface area contributed by atoms with Crippen LogP contribution in [-0.2, 0) is 0 Å². The van der Waals surface area contributed by atoms with Crippen LogP contribution >= 0.6 is 0 Å². The van der Waals surface area contributed by atoms with E-state index in [-0.39, 0.29) is 35.0 Å². The summed E-state index contributed by atoms with van der Waals surface area (Å²) in [6.07, 6.45) is 11.1. The largest absolute Gasteiger partial charge is 0.431 e. The normalized spacial score (nSPS) is 28.7. The van der Waals surface area contributed by atoms with Crippen molar-refractivity contribution in [2.75, 3.05) is 0 Å². The molecule has 8 rings (SSSR count). The van der Waals surface area contributed by atoms with E-state index in [1.807, 2.05) is 31.2 Å². The van der Waals surface area contributed by atoms with Gasteiger partial charge in [-0.2, -0.15) is 5.10 Å². The summed E-state index contributed by atoms with van der Waals surface area (Å²) in [6, 6.07) is 7.57. The summed E-state index contributed by atoms with van der Waals surface area (Å²) in [5.74, 6) is 3.59. The SMILES string of the molecule is C[C@H](NC(=O)c1nc(-c2cccc(-c3ncc(C(=O)NC45CC6CC(CC(C6)C4)C5)o3)c2)n[nH]1)C1CC1. The molecule has 5 aliphatic carbocycles. The van der Waals surface area contributed by atoms with Gasteiger partial charge in [-0.15, -0.1) is 0 Å². The molecule has 192 valence electrons. The number of hydrogen-bond acceptors (Lipinski definition) is 6. The number of benzene rings is 1. The second-order valence-corrected chi connectivity index (χ2v) is 11.9.